The van der Waals surface area contributed by atoms with E-state index in [2.05, 4.69) is 20.1 Å². The summed E-state index contributed by atoms with van der Waals surface area (Å²) in [6.45, 7) is 0. The van der Waals surface area contributed by atoms with Crippen LogP contribution < -0.4 is 5.56 Å². The number of aromatic amines is 1. The van der Waals surface area contributed by atoms with Gasteiger partial charge in [-0.1, -0.05) is 47.1 Å². The Balaban J connectivity index is 1.69. The summed E-state index contributed by atoms with van der Waals surface area (Å²) >= 11 is 5.66. The lowest BCUT2D eigenvalue weighted by Crippen LogP contribution is -2.11. The van der Waals surface area contributed by atoms with Crippen molar-refractivity contribution in [2.24, 2.45) is 0 Å². The van der Waals surface area contributed by atoms with E-state index in [0.717, 1.165) is 5.56 Å². The number of hydrogen-bond donors (Lipinski definition) is 1. The van der Waals surface area contributed by atoms with E-state index in [1.807, 2.05) is 30.3 Å². The zero-order valence-electron chi connectivity index (χ0n) is 13.1. The zero-order chi connectivity index (χ0) is 18.1. The highest BCUT2D eigenvalue weighted by molar-refractivity contribution is 6.30. The Labute approximate surface area is 151 Å². The van der Waals surface area contributed by atoms with Gasteiger partial charge < -0.3 is 9.51 Å². The number of benzene rings is 2. The van der Waals surface area contributed by atoms with Crippen LogP contribution in [0.4, 0.5) is 4.39 Å². The van der Waals surface area contributed by atoms with Crippen molar-refractivity contribution in [1.82, 2.24) is 20.1 Å². The monoisotopic (exact) mass is 368 g/mol. The molecule has 0 saturated carbocycles. The van der Waals surface area contributed by atoms with Crippen molar-refractivity contribution in [2.75, 3.05) is 0 Å². The number of hydrogen-bond acceptors (Lipinski definition) is 5. The molecule has 0 amide bonds. The van der Waals surface area contributed by atoms with Gasteiger partial charge in [0, 0.05) is 17.3 Å². The summed E-state index contributed by atoms with van der Waals surface area (Å²) in [5.41, 5.74) is 0.861. The molecular formula is C18H10ClFN4O2. The molecule has 26 heavy (non-hydrogen) atoms. The van der Waals surface area contributed by atoms with E-state index in [0.29, 0.717) is 11.4 Å². The minimum Gasteiger partial charge on any atom is -0.333 e. The van der Waals surface area contributed by atoms with Crippen LogP contribution in [0.15, 0.2) is 64.0 Å². The lowest BCUT2D eigenvalue weighted by molar-refractivity contribution is 0.431. The second-order valence-electron chi connectivity index (χ2n) is 5.39. The van der Waals surface area contributed by atoms with E-state index in [1.165, 1.54) is 18.3 Å². The highest BCUT2D eigenvalue weighted by Gasteiger charge is 2.16. The van der Waals surface area contributed by atoms with Gasteiger partial charge in [-0.05, 0) is 18.2 Å². The topological polar surface area (TPSA) is 84.7 Å². The molecular weight excluding hydrogens is 359 g/mol. The SMILES string of the molecule is O=c1[nH]c(-c2ccccc2)ncc1-c1nc(-c2ccc(Cl)c(F)c2)no1. The van der Waals surface area contributed by atoms with Crippen molar-refractivity contribution >= 4 is 11.6 Å². The third kappa shape index (κ3) is 3.00. The highest BCUT2D eigenvalue weighted by atomic mass is 35.5. The van der Waals surface area contributed by atoms with Gasteiger partial charge in [0.25, 0.3) is 11.4 Å². The molecule has 0 aliphatic rings. The summed E-state index contributed by atoms with van der Waals surface area (Å²) in [6.07, 6.45) is 1.36. The number of rotatable bonds is 3. The Hall–Kier alpha value is -3.32. The Kier molecular flexibility index (Phi) is 4.06. The van der Waals surface area contributed by atoms with E-state index < -0.39 is 11.4 Å². The van der Waals surface area contributed by atoms with Crippen molar-refractivity contribution in [1.29, 1.82) is 0 Å². The third-order valence-corrected chi connectivity index (χ3v) is 3.99. The Morgan fingerprint density at radius 1 is 1.08 bits per heavy atom. The zero-order valence-corrected chi connectivity index (χ0v) is 13.9. The molecule has 128 valence electrons. The fraction of sp³-hybridized carbons (Fsp3) is 0. The molecule has 4 aromatic rings. The summed E-state index contributed by atoms with van der Waals surface area (Å²) in [6, 6.07) is 13.4. The minimum atomic E-state index is -0.595. The van der Waals surface area contributed by atoms with Crippen molar-refractivity contribution in [3.05, 3.63) is 75.9 Å². The van der Waals surface area contributed by atoms with Crippen molar-refractivity contribution in [3.63, 3.8) is 0 Å². The predicted octanol–water partition coefficient (Wildman–Crippen LogP) is 3.95. The molecule has 0 aliphatic heterocycles. The van der Waals surface area contributed by atoms with Crippen molar-refractivity contribution < 1.29 is 8.91 Å². The van der Waals surface area contributed by atoms with Crippen molar-refractivity contribution in [2.45, 2.75) is 0 Å². The quantitative estimate of drug-likeness (QED) is 0.592. The summed E-state index contributed by atoms with van der Waals surface area (Å²) in [5.74, 6) is -0.0353. The Morgan fingerprint density at radius 2 is 1.88 bits per heavy atom. The molecule has 1 N–H and O–H groups in total. The maximum atomic E-state index is 13.6. The first-order valence-corrected chi connectivity index (χ1v) is 7.94. The molecule has 0 bridgehead atoms. The third-order valence-electron chi connectivity index (χ3n) is 3.68. The molecule has 0 spiro atoms. The molecule has 6 nitrogen and oxygen atoms in total. The average Bonchev–Trinajstić information content (AvgIpc) is 3.14. The van der Waals surface area contributed by atoms with Crippen LogP contribution in [0.25, 0.3) is 34.2 Å². The van der Waals surface area contributed by atoms with E-state index in [9.17, 15) is 9.18 Å². The summed E-state index contributed by atoms with van der Waals surface area (Å²) in [7, 11) is 0. The summed E-state index contributed by atoms with van der Waals surface area (Å²) in [5, 5.41) is 3.77. The van der Waals surface area contributed by atoms with E-state index in [1.54, 1.807) is 6.07 Å². The van der Waals surface area contributed by atoms with E-state index in [-0.39, 0.29) is 22.3 Å². The lowest BCUT2D eigenvalue weighted by Gasteiger charge is -2.00. The van der Waals surface area contributed by atoms with Gasteiger partial charge in [-0.15, -0.1) is 0 Å². The molecule has 0 unspecified atom stereocenters. The van der Waals surface area contributed by atoms with Gasteiger partial charge in [-0.2, -0.15) is 4.98 Å². The summed E-state index contributed by atoms with van der Waals surface area (Å²) in [4.78, 5) is 23.4. The molecule has 0 saturated heterocycles. The molecule has 8 heteroatoms. The van der Waals surface area contributed by atoms with Crippen LogP contribution in [0.3, 0.4) is 0 Å². The molecule has 0 fully saturated rings. The van der Waals surface area contributed by atoms with Crippen LogP contribution in [0.1, 0.15) is 0 Å². The molecule has 0 radical (unpaired) electrons. The van der Waals surface area contributed by atoms with Gasteiger partial charge in [0.2, 0.25) is 5.82 Å². The van der Waals surface area contributed by atoms with Crippen LogP contribution in [-0.4, -0.2) is 20.1 Å². The Morgan fingerprint density at radius 3 is 2.62 bits per heavy atom. The highest BCUT2D eigenvalue weighted by Crippen LogP contribution is 2.24. The standard InChI is InChI=1S/C18H10ClFN4O2/c19-13-7-6-11(8-14(13)20)16-23-18(26-24-16)12-9-21-15(22-17(12)25)10-4-2-1-3-5-10/h1-9H,(H,21,22,25). The average molecular weight is 369 g/mol. The van der Waals surface area contributed by atoms with Gasteiger partial charge in [-0.3, -0.25) is 4.79 Å². The van der Waals surface area contributed by atoms with Crippen LogP contribution in [0.5, 0.6) is 0 Å². The van der Waals surface area contributed by atoms with Gasteiger partial charge in [0.15, 0.2) is 0 Å². The molecule has 2 aromatic heterocycles. The van der Waals surface area contributed by atoms with Crippen LogP contribution >= 0.6 is 11.6 Å². The first-order valence-electron chi connectivity index (χ1n) is 7.56. The first kappa shape index (κ1) is 16.2. The van der Waals surface area contributed by atoms with E-state index >= 15 is 0 Å². The maximum absolute atomic E-state index is 13.6. The smallest absolute Gasteiger partial charge is 0.265 e. The first-order chi connectivity index (χ1) is 12.6. The largest absolute Gasteiger partial charge is 0.333 e. The molecule has 2 heterocycles. The molecule has 0 atom stereocenters. The van der Waals surface area contributed by atoms with E-state index in [4.69, 9.17) is 16.1 Å². The number of halogens is 2. The second kappa shape index (κ2) is 6.53. The van der Waals surface area contributed by atoms with Crippen LogP contribution in [0.2, 0.25) is 5.02 Å². The maximum Gasteiger partial charge on any atom is 0.265 e. The molecule has 2 aromatic carbocycles. The number of nitrogens with zero attached hydrogens (tertiary/aromatic N) is 3. The van der Waals surface area contributed by atoms with Gasteiger partial charge in [0.05, 0.1) is 5.02 Å². The van der Waals surface area contributed by atoms with Gasteiger partial charge in [-0.25, -0.2) is 9.37 Å². The van der Waals surface area contributed by atoms with Gasteiger partial charge in [0.1, 0.15) is 17.2 Å². The fourth-order valence-electron chi connectivity index (χ4n) is 2.38. The number of nitrogens with one attached hydrogen (secondary N) is 1. The Bertz CT molecular complexity index is 1140. The molecule has 0 aliphatic carbocycles. The second-order valence-corrected chi connectivity index (χ2v) is 5.80. The lowest BCUT2D eigenvalue weighted by atomic mass is 10.2. The van der Waals surface area contributed by atoms with Crippen molar-refractivity contribution in [3.8, 4) is 34.2 Å². The van der Waals surface area contributed by atoms with Crippen LogP contribution in [-0.2, 0) is 0 Å². The molecule has 4 rings (SSSR count). The number of aromatic nitrogens is 4. The summed E-state index contributed by atoms with van der Waals surface area (Å²) < 4.78 is 18.7. The van der Waals surface area contributed by atoms with Gasteiger partial charge >= 0.3 is 0 Å². The predicted molar refractivity (Wildman–Crippen MR) is 94.0 cm³/mol. The minimum absolute atomic E-state index is 0.00499. The normalized spacial score (nSPS) is 10.8. The number of H-pyrrole nitrogens is 1. The fourth-order valence-corrected chi connectivity index (χ4v) is 2.49. The van der Waals surface area contributed by atoms with Crippen LogP contribution in [0, 0.1) is 5.82 Å².